The number of carbonyl (C=O) groups is 2. The summed E-state index contributed by atoms with van der Waals surface area (Å²) in [6.07, 6.45) is 4.43. The molecule has 3 heterocycles. The van der Waals surface area contributed by atoms with Crippen molar-refractivity contribution in [3.8, 4) is 11.3 Å². The van der Waals surface area contributed by atoms with E-state index >= 15 is 0 Å². The molecule has 2 aliphatic rings. The lowest BCUT2D eigenvalue weighted by Gasteiger charge is -2.45. The molecule has 7 nitrogen and oxygen atoms in total. The summed E-state index contributed by atoms with van der Waals surface area (Å²) < 4.78 is 29.5. The average Bonchev–Trinajstić information content (AvgIpc) is 3.00. The SMILES string of the molecule is O=C(c1ccc(Nc2ncc3nc(-c4c(F)cccc4F)c4cc(Cl)ccc4c3n2)cc1)C1CCC2(CC1)CNC2=O. The molecule has 42 heavy (non-hydrogen) atoms. The third-order valence-electron chi connectivity index (χ3n) is 8.50. The molecule has 1 amide bonds. The maximum Gasteiger partial charge on any atom is 0.228 e. The van der Waals surface area contributed by atoms with Gasteiger partial charge in [-0.2, -0.15) is 0 Å². The van der Waals surface area contributed by atoms with Gasteiger partial charge in [0, 0.05) is 39.5 Å². The van der Waals surface area contributed by atoms with Gasteiger partial charge >= 0.3 is 0 Å². The lowest BCUT2D eigenvalue weighted by Crippen LogP contribution is -2.60. The predicted molar refractivity (Wildman–Crippen MR) is 157 cm³/mol. The van der Waals surface area contributed by atoms with Crippen molar-refractivity contribution in [2.24, 2.45) is 11.3 Å². The summed E-state index contributed by atoms with van der Waals surface area (Å²) in [4.78, 5) is 38.6. The number of benzene rings is 3. The van der Waals surface area contributed by atoms with Gasteiger partial charge < -0.3 is 10.6 Å². The van der Waals surface area contributed by atoms with Crippen molar-refractivity contribution < 1.29 is 18.4 Å². The Bertz CT molecular complexity index is 1890. The maximum atomic E-state index is 14.7. The second-order valence-corrected chi connectivity index (χ2v) is 11.4. The van der Waals surface area contributed by atoms with E-state index in [2.05, 4.69) is 25.6 Å². The van der Waals surface area contributed by atoms with E-state index < -0.39 is 11.6 Å². The Kier molecular flexibility index (Phi) is 6.35. The number of nitrogens with zero attached hydrogens (tertiary/aromatic N) is 3. The van der Waals surface area contributed by atoms with Gasteiger partial charge in [-0.1, -0.05) is 23.7 Å². The van der Waals surface area contributed by atoms with Gasteiger partial charge in [0.2, 0.25) is 11.9 Å². The number of carbonyl (C=O) groups excluding carboxylic acids is 2. The number of β-lactam (4-membered cyclic amide) rings is 1. The Morgan fingerprint density at radius 2 is 1.71 bits per heavy atom. The van der Waals surface area contributed by atoms with Gasteiger partial charge in [-0.3, -0.25) is 9.59 Å². The van der Waals surface area contributed by atoms with Crippen LogP contribution in [0.15, 0.2) is 66.9 Å². The first-order valence-corrected chi connectivity index (χ1v) is 14.1. The number of halogens is 3. The molecule has 3 aromatic carbocycles. The minimum absolute atomic E-state index is 0.0799. The van der Waals surface area contributed by atoms with E-state index in [-0.39, 0.29) is 34.3 Å². The van der Waals surface area contributed by atoms with Crippen LogP contribution in [0.25, 0.3) is 33.1 Å². The highest BCUT2D eigenvalue weighted by Crippen LogP contribution is 2.43. The fourth-order valence-electron chi connectivity index (χ4n) is 6.06. The quantitative estimate of drug-likeness (QED) is 0.131. The molecule has 1 saturated carbocycles. The molecule has 210 valence electrons. The number of pyridine rings is 1. The van der Waals surface area contributed by atoms with E-state index in [1.807, 2.05) is 0 Å². The molecule has 2 N–H and O–H groups in total. The van der Waals surface area contributed by atoms with Crippen LogP contribution in [0.1, 0.15) is 36.0 Å². The van der Waals surface area contributed by atoms with Gasteiger partial charge in [0.15, 0.2) is 5.78 Å². The molecule has 10 heteroatoms. The topological polar surface area (TPSA) is 96.9 Å². The van der Waals surface area contributed by atoms with Crippen molar-refractivity contribution in [2.75, 3.05) is 11.9 Å². The molecular weight excluding hydrogens is 560 g/mol. The largest absolute Gasteiger partial charge is 0.354 e. The summed E-state index contributed by atoms with van der Waals surface area (Å²) in [6.45, 7) is 0.717. The van der Waals surface area contributed by atoms with E-state index in [0.29, 0.717) is 44.0 Å². The van der Waals surface area contributed by atoms with Crippen molar-refractivity contribution in [3.05, 3.63) is 89.1 Å². The predicted octanol–water partition coefficient (Wildman–Crippen LogP) is 7.01. The number of hydrogen-bond acceptors (Lipinski definition) is 6. The zero-order chi connectivity index (χ0) is 29.0. The molecule has 2 fully saturated rings. The third-order valence-corrected chi connectivity index (χ3v) is 8.74. The van der Waals surface area contributed by atoms with Crippen LogP contribution in [-0.2, 0) is 4.79 Å². The summed E-state index contributed by atoms with van der Waals surface area (Å²) in [6, 6.07) is 15.9. The van der Waals surface area contributed by atoms with Crippen LogP contribution in [0, 0.1) is 23.0 Å². The highest BCUT2D eigenvalue weighted by atomic mass is 35.5. The Balaban J connectivity index is 1.15. The number of nitrogens with one attached hydrogen (secondary N) is 2. The number of amides is 1. The van der Waals surface area contributed by atoms with Gasteiger partial charge in [0.25, 0.3) is 0 Å². The van der Waals surface area contributed by atoms with E-state index in [4.69, 9.17) is 11.6 Å². The first kappa shape index (κ1) is 26.4. The fourth-order valence-corrected chi connectivity index (χ4v) is 6.23. The number of fused-ring (bicyclic) bond motifs is 3. The highest BCUT2D eigenvalue weighted by Gasteiger charge is 2.48. The molecule has 2 aromatic heterocycles. The Labute approximate surface area is 244 Å². The summed E-state index contributed by atoms with van der Waals surface area (Å²) in [7, 11) is 0. The maximum absolute atomic E-state index is 14.7. The van der Waals surface area contributed by atoms with Gasteiger partial charge in [-0.15, -0.1) is 0 Å². The molecule has 1 spiro atoms. The van der Waals surface area contributed by atoms with Crippen molar-refractivity contribution in [1.29, 1.82) is 0 Å². The van der Waals surface area contributed by atoms with Crippen LogP contribution in [-0.4, -0.2) is 33.2 Å². The molecule has 1 aliphatic heterocycles. The smallest absolute Gasteiger partial charge is 0.228 e. The minimum atomic E-state index is -0.734. The number of hydrogen-bond donors (Lipinski definition) is 2. The van der Waals surface area contributed by atoms with Crippen LogP contribution in [0.3, 0.4) is 0 Å². The molecule has 7 rings (SSSR count). The third kappa shape index (κ3) is 4.44. The second-order valence-electron chi connectivity index (χ2n) is 11.0. The summed E-state index contributed by atoms with van der Waals surface area (Å²) in [5.41, 5.74) is 1.77. The van der Waals surface area contributed by atoms with Crippen molar-refractivity contribution in [1.82, 2.24) is 20.3 Å². The van der Waals surface area contributed by atoms with Crippen molar-refractivity contribution in [3.63, 3.8) is 0 Å². The Morgan fingerprint density at radius 1 is 0.976 bits per heavy atom. The molecule has 0 radical (unpaired) electrons. The number of rotatable bonds is 5. The Hall–Kier alpha value is -4.50. The number of Topliss-reactive ketones (excluding diaryl/α,β-unsaturated/α-hetero) is 1. The summed E-state index contributed by atoms with van der Waals surface area (Å²) in [5, 5.41) is 7.45. The zero-order valence-electron chi connectivity index (χ0n) is 22.3. The molecule has 0 atom stereocenters. The van der Waals surface area contributed by atoms with Crippen LogP contribution in [0.2, 0.25) is 5.02 Å². The lowest BCUT2D eigenvalue weighted by molar-refractivity contribution is -0.143. The van der Waals surface area contributed by atoms with Gasteiger partial charge in [0.1, 0.15) is 22.7 Å². The van der Waals surface area contributed by atoms with Crippen LogP contribution < -0.4 is 10.6 Å². The number of ketones is 1. The Morgan fingerprint density at radius 3 is 2.38 bits per heavy atom. The molecular formula is C32H24ClF2N5O2. The number of anilines is 2. The normalized spacial score (nSPS) is 20.0. The highest BCUT2D eigenvalue weighted by molar-refractivity contribution is 6.31. The fraction of sp³-hybridized carbons (Fsp3) is 0.219. The van der Waals surface area contributed by atoms with Gasteiger partial charge in [0.05, 0.1) is 22.9 Å². The lowest BCUT2D eigenvalue weighted by atomic mass is 9.65. The minimum Gasteiger partial charge on any atom is -0.354 e. The van der Waals surface area contributed by atoms with E-state index in [1.165, 1.54) is 24.4 Å². The van der Waals surface area contributed by atoms with Gasteiger partial charge in [-0.05, 0) is 74.2 Å². The standard InChI is InChI=1S/C32H24ClF2N5O2/c33-19-6-9-21-22(14-19)28(26-23(34)2-1-3-24(26)35)39-25-15-36-31(40-27(21)25)38-20-7-4-17(5-8-20)29(41)18-10-12-32(13-11-18)16-37-30(32)42/h1-9,14-15,18H,10-13,16H2,(H,37,42)(H,36,38,40). The van der Waals surface area contributed by atoms with Gasteiger partial charge in [-0.25, -0.2) is 23.7 Å². The molecule has 5 aromatic rings. The molecule has 0 bridgehead atoms. The molecule has 1 aliphatic carbocycles. The van der Waals surface area contributed by atoms with E-state index in [0.717, 1.165) is 32.2 Å². The van der Waals surface area contributed by atoms with E-state index in [1.54, 1.807) is 42.5 Å². The molecule has 1 saturated heterocycles. The monoisotopic (exact) mass is 583 g/mol. The second kappa shape index (κ2) is 10.1. The van der Waals surface area contributed by atoms with Crippen molar-refractivity contribution in [2.45, 2.75) is 25.7 Å². The summed E-state index contributed by atoms with van der Waals surface area (Å²) in [5.74, 6) is -1.04. The molecule has 0 unspecified atom stereocenters. The van der Waals surface area contributed by atoms with E-state index in [9.17, 15) is 18.4 Å². The first-order valence-electron chi connectivity index (χ1n) is 13.7. The van der Waals surface area contributed by atoms with Crippen LogP contribution in [0.4, 0.5) is 20.4 Å². The van der Waals surface area contributed by atoms with Crippen LogP contribution >= 0.6 is 11.6 Å². The first-order chi connectivity index (χ1) is 20.3. The zero-order valence-corrected chi connectivity index (χ0v) is 23.0. The van der Waals surface area contributed by atoms with Crippen LogP contribution in [0.5, 0.6) is 0 Å². The summed E-state index contributed by atoms with van der Waals surface area (Å²) >= 11 is 6.26. The van der Waals surface area contributed by atoms with Crippen molar-refractivity contribution >= 4 is 56.7 Å². The number of aromatic nitrogens is 3. The average molecular weight is 584 g/mol.